The maximum atomic E-state index is 13.5. The maximum absolute atomic E-state index is 13.5. The Balaban J connectivity index is 1.99. The van der Waals surface area contributed by atoms with Crippen molar-refractivity contribution in [3.05, 3.63) is 36.0 Å². The molecule has 1 saturated heterocycles. The highest BCUT2D eigenvalue weighted by Gasteiger charge is 2.33. The number of hydrogen-bond donors (Lipinski definition) is 3. The second-order valence-corrected chi connectivity index (χ2v) is 8.69. The molecule has 0 unspecified atom stereocenters. The van der Waals surface area contributed by atoms with Gasteiger partial charge < -0.3 is 15.6 Å². The molecule has 0 aliphatic carbocycles. The van der Waals surface area contributed by atoms with Crippen LogP contribution in [0.15, 0.2) is 30.3 Å². The van der Waals surface area contributed by atoms with Gasteiger partial charge in [-0.25, -0.2) is 5.01 Å². The van der Waals surface area contributed by atoms with Crippen LogP contribution in [0, 0.1) is 11.8 Å². The zero-order chi connectivity index (χ0) is 24.3. The number of nitrogens with two attached hydrogens (primary N) is 1. The Bertz CT molecular complexity index is 1110. The molecule has 1 fully saturated rings. The molecule has 1 aliphatic rings. The highest BCUT2D eigenvalue weighted by Crippen LogP contribution is 2.28. The number of ketones is 1. The molecule has 3 rings (SSSR count). The molecule has 4 N–H and O–H groups in total. The summed E-state index contributed by atoms with van der Waals surface area (Å²) in [5.74, 6) is -3.67. The van der Waals surface area contributed by atoms with E-state index in [4.69, 9.17) is 5.73 Å². The number of nitrogens with one attached hydrogen (secondary N) is 2. The molecular weight excluding hydrogens is 426 g/mol. The lowest BCUT2D eigenvalue weighted by molar-refractivity contribution is -0.150. The fourth-order valence-electron chi connectivity index (χ4n) is 4.09. The Labute approximate surface area is 191 Å². The first kappa shape index (κ1) is 24.0. The van der Waals surface area contributed by atoms with Gasteiger partial charge in [-0.15, -0.1) is 0 Å². The van der Waals surface area contributed by atoms with E-state index in [0.717, 1.165) is 17.3 Å². The predicted molar refractivity (Wildman–Crippen MR) is 121 cm³/mol. The first-order valence-electron chi connectivity index (χ1n) is 10.9. The second kappa shape index (κ2) is 9.85. The average Bonchev–Trinajstić information content (AvgIpc) is 3.34. The third-order valence-corrected chi connectivity index (χ3v) is 5.67. The van der Waals surface area contributed by atoms with Crippen molar-refractivity contribution in [2.45, 2.75) is 39.7 Å². The van der Waals surface area contributed by atoms with Gasteiger partial charge in [-0.1, -0.05) is 32.0 Å². The van der Waals surface area contributed by atoms with Crippen LogP contribution in [0.2, 0.25) is 0 Å². The first-order valence-corrected chi connectivity index (χ1v) is 10.9. The van der Waals surface area contributed by atoms with E-state index in [1.54, 1.807) is 22.8 Å². The molecule has 0 bridgehead atoms. The van der Waals surface area contributed by atoms with Crippen molar-refractivity contribution in [2.75, 3.05) is 13.1 Å². The van der Waals surface area contributed by atoms with Crippen LogP contribution in [0.3, 0.4) is 0 Å². The maximum Gasteiger partial charge on any atom is 0.308 e. The number of carbonyl (C=O) groups excluding carboxylic acids is 5. The van der Waals surface area contributed by atoms with Crippen molar-refractivity contribution in [3.8, 4) is 0 Å². The SMILES string of the molecule is CC(=O)C(=O)N(C[C@@H]1CCNC1=O)NC(=O)[C@H](CC(C)C)n1c(C(N)=O)cc2ccccc21. The summed E-state index contributed by atoms with van der Waals surface area (Å²) >= 11 is 0. The summed E-state index contributed by atoms with van der Waals surface area (Å²) in [7, 11) is 0. The number of rotatable bonds is 8. The lowest BCUT2D eigenvalue weighted by Gasteiger charge is -2.29. The number of fused-ring (bicyclic) bond motifs is 1. The minimum Gasteiger partial charge on any atom is -0.364 e. The monoisotopic (exact) mass is 455 g/mol. The summed E-state index contributed by atoms with van der Waals surface area (Å²) < 4.78 is 1.58. The van der Waals surface area contributed by atoms with Crippen LogP contribution in [0.5, 0.6) is 0 Å². The van der Waals surface area contributed by atoms with Crippen LogP contribution in [0.25, 0.3) is 10.9 Å². The van der Waals surface area contributed by atoms with Gasteiger partial charge >= 0.3 is 5.91 Å². The van der Waals surface area contributed by atoms with Crippen molar-refractivity contribution in [2.24, 2.45) is 17.6 Å². The van der Waals surface area contributed by atoms with Gasteiger partial charge in [0, 0.05) is 24.4 Å². The van der Waals surface area contributed by atoms with E-state index >= 15 is 0 Å². The van der Waals surface area contributed by atoms with E-state index in [1.165, 1.54) is 0 Å². The quantitative estimate of drug-likeness (QED) is 0.400. The average molecular weight is 456 g/mol. The third kappa shape index (κ3) is 5.21. The number of para-hydroxylation sites is 1. The van der Waals surface area contributed by atoms with E-state index in [1.807, 2.05) is 26.0 Å². The second-order valence-electron chi connectivity index (χ2n) is 8.69. The van der Waals surface area contributed by atoms with Crippen molar-refractivity contribution < 1.29 is 24.0 Å². The fourth-order valence-corrected chi connectivity index (χ4v) is 4.09. The molecule has 2 atom stereocenters. The Morgan fingerprint density at radius 2 is 1.94 bits per heavy atom. The largest absolute Gasteiger partial charge is 0.364 e. The molecule has 1 aliphatic heterocycles. The van der Waals surface area contributed by atoms with Gasteiger partial charge in [0.05, 0.1) is 12.5 Å². The summed E-state index contributed by atoms with van der Waals surface area (Å²) in [6, 6.07) is 7.94. The summed E-state index contributed by atoms with van der Waals surface area (Å²) in [4.78, 5) is 62.1. The van der Waals surface area contributed by atoms with E-state index in [0.29, 0.717) is 24.9 Å². The number of hydrogen-bond acceptors (Lipinski definition) is 5. The number of carbonyl (C=O) groups is 5. The van der Waals surface area contributed by atoms with E-state index in [-0.39, 0.29) is 24.1 Å². The number of primary amides is 1. The van der Waals surface area contributed by atoms with Crippen molar-refractivity contribution >= 4 is 40.3 Å². The smallest absolute Gasteiger partial charge is 0.308 e. The number of amides is 4. The number of hydrazine groups is 1. The topological polar surface area (TPSA) is 144 Å². The van der Waals surface area contributed by atoms with Gasteiger partial charge in [-0.3, -0.25) is 29.4 Å². The zero-order valence-corrected chi connectivity index (χ0v) is 19.0. The molecule has 0 radical (unpaired) electrons. The molecule has 1 aromatic heterocycles. The Hall–Kier alpha value is -3.69. The van der Waals surface area contributed by atoms with Crippen LogP contribution in [-0.4, -0.2) is 52.1 Å². The number of benzene rings is 1. The molecule has 4 amide bonds. The molecule has 176 valence electrons. The predicted octanol–water partition coefficient (Wildman–Crippen LogP) is 0.912. The Morgan fingerprint density at radius 3 is 2.52 bits per heavy atom. The summed E-state index contributed by atoms with van der Waals surface area (Å²) in [6.45, 7) is 5.30. The van der Waals surface area contributed by atoms with E-state index in [2.05, 4.69) is 10.7 Å². The van der Waals surface area contributed by atoms with Crippen LogP contribution < -0.4 is 16.5 Å². The van der Waals surface area contributed by atoms with Gasteiger partial charge in [0.1, 0.15) is 11.7 Å². The van der Waals surface area contributed by atoms with E-state index < -0.39 is 35.5 Å². The first-order chi connectivity index (χ1) is 15.6. The minimum atomic E-state index is -0.918. The fraction of sp³-hybridized carbons (Fsp3) is 0.435. The van der Waals surface area contributed by atoms with Crippen LogP contribution in [0.1, 0.15) is 50.1 Å². The molecule has 0 spiro atoms. The highest BCUT2D eigenvalue weighted by molar-refractivity contribution is 6.35. The standard InChI is InChI=1S/C23H29N5O5/c1-13(2)10-19(28-17-7-5-4-6-15(17)11-18(28)20(24)30)22(32)26-27(23(33)14(3)29)12-16-8-9-25-21(16)31/h4-7,11,13,16,19H,8-10,12H2,1-3H3,(H2,24,30)(H,25,31)(H,26,32)/t16-,19-/m0/s1. The van der Waals surface area contributed by atoms with Crippen molar-refractivity contribution in [1.29, 1.82) is 0 Å². The summed E-state index contributed by atoms with van der Waals surface area (Å²) in [5.41, 5.74) is 8.97. The van der Waals surface area contributed by atoms with Gasteiger partial charge in [0.15, 0.2) is 0 Å². The van der Waals surface area contributed by atoms with Crippen LogP contribution in [-0.2, 0) is 19.2 Å². The number of nitrogens with zero attached hydrogens (tertiary/aromatic N) is 2. The van der Waals surface area contributed by atoms with Crippen molar-refractivity contribution in [1.82, 2.24) is 20.3 Å². The molecule has 2 aromatic rings. The van der Waals surface area contributed by atoms with Crippen molar-refractivity contribution in [3.63, 3.8) is 0 Å². The minimum absolute atomic E-state index is 0.0557. The van der Waals surface area contributed by atoms with Gasteiger partial charge in [-0.05, 0) is 30.9 Å². The highest BCUT2D eigenvalue weighted by atomic mass is 16.2. The molecule has 1 aromatic carbocycles. The number of aromatic nitrogens is 1. The lowest BCUT2D eigenvalue weighted by atomic mass is 10.0. The molecule has 33 heavy (non-hydrogen) atoms. The Kier molecular flexibility index (Phi) is 7.15. The molecule has 2 heterocycles. The lowest BCUT2D eigenvalue weighted by Crippen LogP contribution is -2.53. The zero-order valence-electron chi connectivity index (χ0n) is 19.0. The van der Waals surface area contributed by atoms with E-state index in [9.17, 15) is 24.0 Å². The molecule has 10 nitrogen and oxygen atoms in total. The third-order valence-electron chi connectivity index (χ3n) is 5.67. The van der Waals surface area contributed by atoms with Crippen LogP contribution >= 0.6 is 0 Å². The number of Topliss-reactive ketones (excluding diaryl/α,β-unsaturated/α-hetero) is 1. The van der Waals surface area contributed by atoms with Gasteiger partial charge in [0.25, 0.3) is 11.8 Å². The Morgan fingerprint density at radius 1 is 1.24 bits per heavy atom. The van der Waals surface area contributed by atoms with Gasteiger partial charge in [0.2, 0.25) is 11.7 Å². The van der Waals surface area contributed by atoms with Crippen LogP contribution in [0.4, 0.5) is 0 Å². The summed E-state index contributed by atoms with van der Waals surface area (Å²) in [6.07, 6.45) is 0.830. The summed E-state index contributed by atoms with van der Waals surface area (Å²) in [5, 5.41) is 4.33. The molecular formula is C23H29N5O5. The normalized spacial score (nSPS) is 16.5. The molecule has 10 heteroatoms. The van der Waals surface area contributed by atoms with Gasteiger partial charge in [-0.2, -0.15) is 0 Å². The molecule has 0 saturated carbocycles.